The maximum atomic E-state index is 12.4. The van der Waals surface area contributed by atoms with E-state index >= 15 is 0 Å². The lowest BCUT2D eigenvalue weighted by Gasteiger charge is -2.38. The SMILES string of the molecule is CC(C)(C)C(=O)OCN1C(=O)CC(C)(C)c2cc(Br)ccc21. The van der Waals surface area contributed by atoms with E-state index < -0.39 is 5.41 Å². The van der Waals surface area contributed by atoms with Crippen molar-refractivity contribution in [3.63, 3.8) is 0 Å². The summed E-state index contributed by atoms with van der Waals surface area (Å²) in [4.78, 5) is 25.9. The predicted octanol–water partition coefficient (Wildman–Crippen LogP) is 4.01. The fraction of sp³-hybridized carbons (Fsp3) is 0.529. The number of halogens is 1. The van der Waals surface area contributed by atoms with Gasteiger partial charge in [0.15, 0.2) is 6.73 Å². The Morgan fingerprint density at radius 3 is 2.59 bits per heavy atom. The van der Waals surface area contributed by atoms with E-state index in [4.69, 9.17) is 4.74 Å². The van der Waals surface area contributed by atoms with Crippen molar-refractivity contribution in [2.45, 2.75) is 46.5 Å². The standard InChI is InChI=1S/C17H22BrNO3/c1-16(2,3)15(21)22-10-19-13-7-6-11(18)8-12(13)17(4,5)9-14(19)20/h6-8H,9-10H2,1-5H3. The molecule has 4 nitrogen and oxygen atoms in total. The van der Waals surface area contributed by atoms with Crippen LogP contribution in [0, 0.1) is 5.41 Å². The molecule has 0 saturated carbocycles. The molecule has 0 fully saturated rings. The highest BCUT2D eigenvalue weighted by Gasteiger charge is 2.37. The normalized spacial score (nSPS) is 17.2. The van der Waals surface area contributed by atoms with Gasteiger partial charge in [-0.05, 0) is 44.5 Å². The number of hydrogen-bond acceptors (Lipinski definition) is 3. The van der Waals surface area contributed by atoms with Gasteiger partial charge in [-0.25, -0.2) is 0 Å². The van der Waals surface area contributed by atoms with Crippen LogP contribution in [0.25, 0.3) is 0 Å². The van der Waals surface area contributed by atoms with Crippen molar-refractivity contribution in [1.29, 1.82) is 0 Å². The maximum absolute atomic E-state index is 12.4. The second-order valence-electron chi connectivity index (χ2n) is 7.35. The summed E-state index contributed by atoms with van der Waals surface area (Å²) in [6.45, 7) is 9.44. The van der Waals surface area contributed by atoms with E-state index in [1.54, 1.807) is 25.7 Å². The van der Waals surface area contributed by atoms with Gasteiger partial charge in [0, 0.05) is 16.3 Å². The van der Waals surface area contributed by atoms with Gasteiger partial charge in [-0.1, -0.05) is 29.8 Å². The summed E-state index contributed by atoms with van der Waals surface area (Å²) in [7, 11) is 0. The molecular weight excluding hydrogens is 346 g/mol. The fourth-order valence-corrected chi connectivity index (χ4v) is 2.83. The molecule has 0 saturated heterocycles. The maximum Gasteiger partial charge on any atom is 0.312 e. The minimum Gasteiger partial charge on any atom is -0.443 e. The van der Waals surface area contributed by atoms with Crippen LogP contribution in [-0.2, 0) is 19.7 Å². The number of anilines is 1. The molecule has 1 aliphatic rings. The van der Waals surface area contributed by atoms with Gasteiger partial charge >= 0.3 is 5.97 Å². The Kier molecular flexibility index (Phi) is 4.39. The molecule has 0 bridgehead atoms. The first-order valence-corrected chi connectivity index (χ1v) is 8.09. The van der Waals surface area contributed by atoms with E-state index in [9.17, 15) is 9.59 Å². The van der Waals surface area contributed by atoms with Gasteiger partial charge in [-0.15, -0.1) is 0 Å². The van der Waals surface area contributed by atoms with Crippen LogP contribution < -0.4 is 4.90 Å². The van der Waals surface area contributed by atoms with Crippen LogP contribution in [0.3, 0.4) is 0 Å². The molecule has 0 aromatic heterocycles. The second kappa shape index (κ2) is 5.69. The summed E-state index contributed by atoms with van der Waals surface area (Å²) in [5, 5.41) is 0. The molecule has 5 heteroatoms. The number of ether oxygens (including phenoxy) is 1. The van der Waals surface area contributed by atoms with E-state index in [0.717, 1.165) is 15.7 Å². The van der Waals surface area contributed by atoms with Crippen molar-refractivity contribution >= 4 is 33.5 Å². The van der Waals surface area contributed by atoms with Crippen molar-refractivity contribution < 1.29 is 14.3 Å². The summed E-state index contributed by atoms with van der Waals surface area (Å²) >= 11 is 3.48. The van der Waals surface area contributed by atoms with E-state index in [-0.39, 0.29) is 24.0 Å². The Hall–Kier alpha value is -1.36. The number of carbonyl (C=O) groups excluding carboxylic acids is 2. The van der Waals surface area contributed by atoms with Crippen molar-refractivity contribution in [3.8, 4) is 0 Å². The van der Waals surface area contributed by atoms with Crippen molar-refractivity contribution in [2.24, 2.45) is 5.41 Å². The first-order valence-electron chi connectivity index (χ1n) is 7.30. The number of rotatable bonds is 2. The molecule has 22 heavy (non-hydrogen) atoms. The Balaban J connectivity index is 2.30. The minimum atomic E-state index is -0.583. The molecular formula is C17H22BrNO3. The summed E-state index contributed by atoms with van der Waals surface area (Å²) in [6.07, 6.45) is 0.392. The topological polar surface area (TPSA) is 46.6 Å². The van der Waals surface area contributed by atoms with E-state index in [2.05, 4.69) is 29.8 Å². The first-order chi connectivity index (χ1) is 10.0. The number of hydrogen-bond donors (Lipinski definition) is 0. The number of fused-ring (bicyclic) bond motifs is 1. The zero-order valence-electron chi connectivity index (χ0n) is 13.7. The smallest absolute Gasteiger partial charge is 0.312 e. The molecule has 120 valence electrons. The van der Waals surface area contributed by atoms with Crippen molar-refractivity contribution in [3.05, 3.63) is 28.2 Å². The van der Waals surface area contributed by atoms with Crippen LogP contribution in [-0.4, -0.2) is 18.6 Å². The van der Waals surface area contributed by atoms with Gasteiger partial charge in [-0.2, -0.15) is 0 Å². The first kappa shape index (κ1) is 17.0. The van der Waals surface area contributed by atoms with Crippen LogP contribution >= 0.6 is 15.9 Å². The molecule has 1 aromatic carbocycles. The van der Waals surface area contributed by atoms with Gasteiger partial charge in [-0.3, -0.25) is 14.5 Å². The molecule has 0 atom stereocenters. The molecule has 1 heterocycles. The van der Waals surface area contributed by atoms with Gasteiger partial charge in [0.2, 0.25) is 5.91 Å². The quantitative estimate of drug-likeness (QED) is 0.741. The molecule has 0 spiro atoms. The average molecular weight is 368 g/mol. The number of nitrogens with zero attached hydrogens (tertiary/aromatic N) is 1. The second-order valence-corrected chi connectivity index (χ2v) is 8.27. The number of carbonyl (C=O) groups is 2. The highest BCUT2D eigenvalue weighted by atomic mass is 79.9. The zero-order valence-corrected chi connectivity index (χ0v) is 15.3. The highest BCUT2D eigenvalue weighted by molar-refractivity contribution is 9.10. The Morgan fingerprint density at radius 1 is 1.36 bits per heavy atom. The van der Waals surface area contributed by atoms with Crippen molar-refractivity contribution in [1.82, 2.24) is 0 Å². The lowest BCUT2D eigenvalue weighted by atomic mass is 9.77. The number of esters is 1. The van der Waals surface area contributed by atoms with Crippen LogP contribution in [0.15, 0.2) is 22.7 Å². The number of amides is 1. The van der Waals surface area contributed by atoms with Crippen LogP contribution in [0.5, 0.6) is 0 Å². The molecule has 1 aromatic rings. The van der Waals surface area contributed by atoms with Crippen LogP contribution in [0.4, 0.5) is 5.69 Å². The van der Waals surface area contributed by atoms with Crippen molar-refractivity contribution in [2.75, 3.05) is 11.6 Å². The molecule has 1 aliphatic heterocycles. The molecule has 0 N–H and O–H groups in total. The molecule has 1 amide bonds. The average Bonchev–Trinajstić information content (AvgIpc) is 2.37. The Bertz CT molecular complexity index is 617. The molecule has 0 aliphatic carbocycles. The molecule has 0 radical (unpaired) electrons. The van der Waals surface area contributed by atoms with Gasteiger partial charge in [0.25, 0.3) is 0 Å². The zero-order chi connectivity index (χ0) is 16.7. The van der Waals surface area contributed by atoms with E-state index in [1.807, 2.05) is 18.2 Å². The summed E-state index contributed by atoms with van der Waals surface area (Å²) < 4.78 is 6.30. The van der Waals surface area contributed by atoms with E-state index in [0.29, 0.717) is 6.42 Å². The summed E-state index contributed by atoms with van der Waals surface area (Å²) in [5.74, 6) is -0.342. The van der Waals surface area contributed by atoms with Gasteiger partial charge in [0.05, 0.1) is 11.1 Å². The fourth-order valence-electron chi connectivity index (χ4n) is 2.47. The summed E-state index contributed by atoms with van der Waals surface area (Å²) in [5.41, 5.74) is 1.07. The third kappa shape index (κ3) is 3.35. The Morgan fingerprint density at radius 2 is 2.00 bits per heavy atom. The predicted molar refractivity (Wildman–Crippen MR) is 89.7 cm³/mol. The minimum absolute atomic E-state index is 0.0264. The third-order valence-electron chi connectivity index (χ3n) is 3.81. The third-order valence-corrected chi connectivity index (χ3v) is 4.30. The monoisotopic (exact) mass is 367 g/mol. The van der Waals surface area contributed by atoms with Crippen LogP contribution in [0.2, 0.25) is 0 Å². The lowest BCUT2D eigenvalue weighted by molar-refractivity contribution is -0.153. The lowest BCUT2D eigenvalue weighted by Crippen LogP contribution is -2.44. The Labute approximate surface area is 140 Å². The largest absolute Gasteiger partial charge is 0.443 e. The highest BCUT2D eigenvalue weighted by Crippen LogP contribution is 2.41. The molecule has 0 unspecified atom stereocenters. The molecule has 2 rings (SSSR count). The van der Waals surface area contributed by atoms with Gasteiger partial charge in [0.1, 0.15) is 0 Å². The number of benzene rings is 1. The van der Waals surface area contributed by atoms with E-state index in [1.165, 1.54) is 0 Å². The van der Waals surface area contributed by atoms with Crippen LogP contribution in [0.1, 0.15) is 46.6 Å². The van der Waals surface area contributed by atoms with Gasteiger partial charge < -0.3 is 4.74 Å². The summed E-state index contributed by atoms with van der Waals surface area (Å²) in [6, 6.07) is 5.82.